The van der Waals surface area contributed by atoms with Gasteiger partial charge in [-0.1, -0.05) is 119 Å². The van der Waals surface area contributed by atoms with E-state index in [1.165, 1.54) is 55.8 Å². The molecular weight excluding hydrogens is 719 g/mol. The molecule has 44 heavy (non-hydrogen) atoms. The molecule has 0 radical (unpaired) electrons. The first-order chi connectivity index (χ1) is 20.5. The van der Waals surface area contributed by atoms with E-state index >= 15 is 0 Å². The van der Waals surface area contributed by atoms with Crippen LogP contribution >= 0.6 is 37.9 Å². The van der Waals surface area contributed by atoms with Crippen LogP contribution in [0.1, 0.15) is 158 Å². The predicted molar refractivity (Wildman–Crippen MR) is 193 cm³/mol. The first-order valence-electron chi connectivity index (χ1n) is 16.8. The Kier molecular flexibility index (Phi) is 43.8. The van der Waals surface area contributed by atoms with Gasteiger partial charge < -0.3 is 29.7 Å². The first kappa shape index (κ1) is 51.1. The van der Waals surface area contributed by atoms with Crippen molar-refractivity contribution in [1.82, 2.24) is 0 Å². The van der Waals surface area contributed by atoms with E-state index in [2.05, 4.69) is 86.4 Å². The molecular formula is C34H66O6S3Sn. The molecule has 0 aliphatic rings. The maximum absolute atomic E-state index is 10.3. The fraction of sp³-hybridized carbons (Fsp3) is 0.912. The van der Waals surface area contributed by atoms with Gasteiger partial charge >= 0.3 is 46.7 Å². The van der Waals surface area contributed by atoms with Gasteiger partial charge in [-0.2, -0.15) is 37.9 Å². The van der Waals surface area contributed by atoms with Crippen molar-refractivity contribution in [2.24, 2.45) is 17.8 Å². The summed E-state index contributed by atoms with van der Waals surface area (Å²) in [4.78, 5) is 30.9. The Balaban J connectivity index is -0.000000253. The average molecular weight is 786 g/mol. The van der Waals surface area contributed by atoms with Crippen LogP contribution in [0, 0.1) is 17.8 Å². The second-order valence-corrected chi connectivity index (χ2v) is 16.0. The number of unbranched alkanes of at least 4 members (excludes halogenated alkanes) is 7. The SMILES string of the molecule is CC(C)CCCCCC(S)C(=O)[O-].CC(C)CCCCCC(S)C(=O)[O-].CC(C)CCCCCC(S)C(=O)[O-].CCC[CH2][Sn+3]. The van der Waals surface area contributed by atoms with Gasteiger partial charge in [0.05, 0.1) is 17.9 Å². The monoisotopic (exact) mass is 786 g/mol. The fourth-order valence-corrected chi connectivity index (χ4v) is 5.29. The van der Waals surface area contributed by atoms with Gasteiger partial charge in [0.2, 0.25) is 0 Å². The van der Waals surface area contributed by atoms with Gasteiger partial charge in [0.1, 0.15) is 0 Å². The fourth-order valence-electron chi connectivity index (χ4n) is 3.73. The zero-order chi connectivity index (χ0) is 34.9. The molecule has 10 heteroatoms. The van der Waals surface area contributed by atoms with Gasteiger partial charge in [0, 0.05) is 15.7 Å². The average Bonchev–Trinajstić information content (AvgIpc) is 2.93. The van der Waals surface area contributed by atoms with Crippen molar-refractivity contribution in [3.05, 3.63) is 0 Å². The molecule has 0 aliphatic carbocycles. The van der Waals surface area contributed by atoms with E-state index in [4.69, 9.17) is 0 Å². The van der Waals surface area contributed by atoms with Crippen LogP contribution in [-0.2, 0) is 14.4 Å². The number of aliphatic carboxylic acids is 3. The minimum atomic E-state index is -1.05. The molecule has 0 saturated heterocycles. The molecule has 3 unspecified atom stereocenters. The molecule has 0 amide bonds. The summed E-state index contributed by atoms with van der Waals surface area (Å²) < 4.78 is 1.43. The van der Waals surface area contributed by atoms with Gasteiger partial charge in [0.25, 0.3) is 0 Å². The molecule has 0 aromatic carbocycles. The number of hydrogen-bond acceptors (Lipinski definition) is 9. The van der Waals surface area contributed by atoms with Crippen LogP contribution in [0.4, 0.5) is 0 Å². The number of carboxylic acids is 3. The van der Waals surface area contributed by atoms with E-state index in [0.29, 0.717) is 19.3 Å². The van der Waals surface area contributed by atoms with Crippen LogP contribution in [0.3, 0.4) is 0 Å². The zero-order valence-electron chi connectivity index (χ0n) is 29.0. The van der Waals surface area contributed by atoms with Crippen molar-refractivity contribution in [1.29, 1.82) is 0 Å². The molecule has 0 fully saturated rings. The Morgan fingerprint density at radius 3 is 0.841 bits per heavy atom. The number of rotatable bonds is 23. The molecule has 0 rings (SSSR count). The molecule has 0 aliphatic heterocycles. The van der Waals surface area contributed by atoms with Crippen LogP contribution < -0.4 is 15.3 Å². The van der Waals surface area contributed by atoms with Gasteiger partial charge in [-0.05, 0) is 37.0 Å². The molecule has 3 atom stereocenters. The van der Waals surface area contributed by atoms with E-state index in [1.807, 2.05) is 0 Å². The predicted octanol–water partition coefficient (Wildman–Crippen LogP) is 6.30. The van der Waals surface area contributed by atoms with E-state index in [9.17, 15) is 29.7 Å². The molecule has 6 nitrogen and oxygen atoms in total. The summed E-state index contributed by atoms with van der Waals surface area (Å²) in [6.45, 7) is 15.4. The molecule has 0 spiro atoms. The Bertz CT molecular complexity index is 568. The third-order valence-electron chi connectivity index (χ3n) is 6.62. The summed E-state index contributed by atoms with van der Waals surface area (Å²) in [5.41, 5.74) is 0. The topological polar surface area (TPSA) is 120 Å². The minimum absolute atomic E-state index is 0.584. The van der Waals surface area contributed by atoms with Crippen molar-refractivity contribution in [3.8, 4) is 0 Å². The van der Waals surface area contributed by atoms with Crippen molar-refractivity contribution < 1.29 is 29.7 Å². The van der Waals surface area contributed by atoms with Crippen LogP contribution in [0.25, 0.3) is 0 Å². The molecule has 260 valence electrons. The van der Waals surface area contributed by atoms with Gasteiger partial charge in [-0.25, -0.2) is 0 Å². The third kappa shape index (κ3) is 49.1. The number of carbonyl (C=O) groups excluding carboxylic acids is 3. The number of carboxylic acid groups (broad SMARTS) is 3. The summed E-state index contributed by atoms with van der Waals surface area (Å²) in [6, 6.07) is 0. The van der Waals surface area contributed by atoms with Crippen molar-refractivity contribution in [2.45, 2.75) is 178 Å². The zero-order valence-corrected chi connectivity index (χ0v) is 34.5. The quantitative estimate of drug-likeness (QED) is 0.0637. The summed E-state index contributed by atoms with van der Waals surface area (Å²) in [5, 5.41) is 29.1. The molecule has 0 aromatic rings. The summed E-state index contributed by atoms with van der Waals surface area (Å²) in [7, 11) is 0. The van der Waals surface area contributed by atoms with E-state index in [1.54, 1.807) is 22.5 Å². The summed E-state index contributed by atoms with van der Waals surface area (Å²) >= 11 is 13.4. The molecule has 0 heterocycles. The Morgan fingerprint density at radius 2 is 0.705 bits per heavy atom. The summed E-state index contributed by atoms with van der Waals surface area (Å²) in [6.07, 6.45) is 18.0. The Hall–Kier alpha value is 0.259. The van der Waals surface area contributed by atoms with E-state index < -0.39 is 33.7 Å². The standard InChI is InChI=1S/3C10H20O2S.C4H9.Sn/c3*1-8(2)6-4-3-5-7-9(13)10(11)12;1-3-4-2;/h3*8-9,13H,3-7H2,1-2H3,(H,11,12);1,3-4H2,2H3;/q;;;;+3/p-3. The number of hydrogen-bond donors (Lipinski definition) is 3. The number of thiol groups is 3. The van der Waals surface area contributed by atoms with Gasteiger partial charge in [-0.3, -0.25) is 0 Å². The van der Waals surface area contributed by atoms with Crippen molar-refractivity contribution in [3.63, 3.8) is 0 Å². The van der Waals surface area contributed by atoms with Crippen LogP contribution in [0.5, 0.6) is 0 Å². The van der Waals surface area contributed by atoms with Crippen LogP contribution in [0.15, 0.2) is 0 Å². The first-order valence-corrected chi connectivity index (χ1v) is 20.4. The van der Waals surface area contributed by atoms with Crippen LogP contribution in [-0.4, -0.2) is 56.2 Å². The Labute approximate surface area is 301 Å². The van der Waals surface area contributed by atoms with Crippen molar-refractivity contribution in [2.75, 3.05) is 0 Å². The second-order valence-electron chi connectivity index (χ2n) is 12.7. The number of carbonyl (C=O) groups is 3. The van der Waals surface area contributed by atoms with E-state index in [-0.39, 0.29) is 0 Å². The summed E-state index contributed by atoms with van der Waals surface area (Å²) in [5.74, 6) is -0.916. The van der Waals surface area contributed by atoms with Crippen LogP contribution in [0.2, 0.25) is 4.44 Å². The molecule has 0 saturated carbocycles. The van der Waals surface area contributed by atoms with E-state index in [0.717, 1.165) is 56.3 Å². The van der Waals surface area contributed by atoms with Crippen molar-refractivity contribution >= 4 is 78.3 Å². The Morgan fingerprint density at radius 1 is 0.477 bits per heavy atom. The maximum atomic E-state index is 10.3. The molecule has 0 N–H and O–H groups in total. The molecule has 0 aromatic heterocycles. The van der Waals surface area contributed by atoms with Gasteiger partial charge in [-0.15, -0.1) is 0 Å². The van der Waals surface area contributed by atoms with Gasteiger partial charge in [0.15, 0.2) is 0 Å². The third-order valence-corrected chi connectivity index (χ3v) is 9.04. The normalized spacial score (nSPS) is 12.7. The molecule has 0 bridgehead atoms. The second kappa shape index (κ2) is 37.7.